The fraction of sp³-hybridized carbons (Fsp3) is 0.643. The smallest absolute Gasteiger partial charge is 0.260 e. The molecule has 0 spiro atoms. The number of anilines is 2. The Balaban J connectivity index is 1.77. The average molecular weight is 294 g/mol. The second-order valence-electron chi connectivity index (χ2n) is 5.88. The average Bonchev–Trinajstić information content (AvgIpc) is 3.06. The lowest BCUT2D eigenvalue weighted by atomic mass is 10.1. The molecule has 2 fully saturated rings. The van der Waals surface area contributed by atoms with Crippen molar-refractivity contribution in [3.05, 3.63) is 10.4 Å². The third-order valence-electron chi connectivity index (χ3n) is 4.36. The van der Waals surface area contributed by atoms with Crippen LogP contribution < -0.4 is 16.8 Å². The van der Waals surface area contributed by atoms with Crippen molar-refractivity contribution in [2.45, 2.75) is 37.6 Å². The fourth-order valence-electron chi connectivity index (χ4n) is 3.00. The minimum Gasteiger partial charge on any atom is -0.397 e. The molecule has 1 aromatic heterocycles. The number of nitrogens with zero attached hydrogens (tertiary/aromatic N) is 1. The van der Waals surface area contributed by atoms with Gasteiger partial charge in [-0.25, -0.2) is 0 Å². The molecule has 5 N–H and O–H groups in total. The molecule has 0 bridgehead atoms. The van der Waals surface area contributed by atoms with E-state index in [1.165, 1.54) is 30.7 Å². The molecule has 5 nitrogen and oxygen atoms in total. The summed E-state index contributed by atoms with van der Waals surface area (Å²) in [5.41, 5.74) is 13.3. The molecule has 2 heterocycles. The van der Waals surface area contributed by atoms with Gasteiger partial charge in [0.15, 0.2) is 0 Å². The van der Waals surface area contributed by atoms with Crippen LogP contribution in [0, 0.1) is 0 Å². The van der Waals surface area contributed by atoms with Crippen molar-refractivity contribution in [3.8, 4) is 0 Å². The van der Waals surface area contributed by atoms with Gasteiger partial charge in [0.05, 0.1) is 10.7 Å². The summed E-state index contributed by atoms with van der Waals surface area (Å²) in [5.74, 6) is 0.101. The van der Waals surface area contributed by atoms with Gasteiger partial charge in [0.2, 0.25) is 0 Å². The molecule has 20 heavy (non-hydrogen) atoms. The summed E-state index contributed by atoms with van der Waals surface area (Å²) in [6.07, 6.45) is 4.82. The zero-order chi connectivity index (χ0) is 14.3. The first-order valence-corrected chi connectivity index (χ1v) is 8.05. The maximum atomic E-state index is 11.5. The third-order valence-corrected chi connectivity index (χ3v) is 5.56. The van der Waals surface area contributed by atoms with Crippen molar-refractivity contribution in [2.75, 3.05) is 31.2 Å². The van der Waals surface area contributed by atoms with Crippen molar-refractivity contribution in [1.82, 2.24) is 4.90 Å². The predicted molar refractivity (Wildman–Crippen MR) is 83.4 cm³/mol. The molecule has 110 valence electrons. The van der Waals surface area contributed by atoms with E-state index in [4.69, 9.17) is 11.5 Å². The molecule has 3 rings (SSSR count). The van der Waals surface area contributed by atoms with E-state index in [0.29, 0.717) is 22.5 Å². The number of carbonyl (C=O) groups is 1. The highest BCUT2D eigenvalue weighted by Gasteiger charge is 2.33. The molecule has 1 amide bonds. The number of hydrogen-bond acceptors (Lipinski definition) is 5. The van der Waals surface area contributed by atoms with E-state index in [1.807, 2.05) is 0 Å². The molecule has 0 radical (unpaired) electrons. The highest BCUT2D eigenvalue weighted by Crippen LogP contribution is 2.50. The number of nitrogens with two attached hydrogens (primary N) is 2. The zero-order valence-electron chi connectivity index (χ0n) is 11.8. The van der Waals surface area contributed by atoms with Crippen LogP contribution in [-0.4, -0.2) is 37.0 Å². The number of likely N-dealkylation sites (N-methyl/N-ethyl adjacent to an activating group) is 1. The second-order valence-corrected chi connectivity index (χ2v) is 6.90. The molecule has 1 saturated heterocycles. The Morgan fingerprint density at radius 2 is 2.20 bits per heavy atom. The molecule has 1 atom stereocenters. The number of nitrogen functional groups attached to an aromatic ring is 1. The second kappa shape index (κ2) is 5.26. The molecule has 1 saturated carbocycles. The van der Waals surface area contributed by atoms with Crippen molar-refractivity contribution < 1.29 is 4.79 Å². The lowest BCUT2D eigenvalue weighted by Crippen LogP contribution is -2.31. The number of amides is 1. The highest BCUT2D eigenvalue weighted by molar-refractivity contribution is 7.18. The summed E-state index contributed by atoms with van der Waals surface area (Å²) in [6, 6.07) is 0.572. The molecular weight excluding hydrogens is 272 g/mol. The van der Waals surface area contributed by atoms with Gasteiger partial charge < -0.3 is 21.7 Å². The van der Waals surface area contributed by atoms with Gasteiger partial charge in [-0.15, -0.1) is 11.3 Å². The van der Waals surface area contributed by atoms with Crippen molar-refractivity contribution in [2.24, 2.45) is 5.73 Å². The molecule has 1 unspecified atom stereocenters. The van der Waals surface area contributed by atoms with Crippen LogP contribution in [0.5, 0.6) is 0 Å². The van der Waals surface area contributed by atoms with Crippen molar-refractivity contribution in [3.63, 3.8) is 0 Å². The Kier molecular flexibility index (Phi) is 3.60. The van der Waals surface area contributed by atoms with Crippen LogP contribution in [0.1, 0.15) is 46.8 Å². The largest absolute Gasteiger partial charge is 0.397 e. The number of rotatable bonds is 5. The first kappa shape index (κ1) is 13.7. The highest BCUT2D eigenvalue weighted by atomic mass is 32.1. The van der Waals surface area contributed by atoms with E-state index in [2.05, 4.69) is 17.3 Å². The summed E-state index contributed by atoms with van der Waals surface area (Å²) in [6.45, 7) is 2.08. The minimum absolute atomic E-state index is 0.416. The predicted octanol–water partition coefficient (Wildman–Crippen LogP) is 1.81. The normalized spacial score (nSPS) is 23.1. The number of hydrogen-bond donors (Lipinski definition) is 3. The summed E-state index contributed by atoms with van der Waals surface area (Å²) < 4.78 is 0. The van der Waals surface area contributed by atoms with Crippen LogP contribution in [0.15, 0.2) is 0 Å². The van der Waals surface area contributed by atoms with Crippen molar-refractivity contribution >= 4 is 27.9 Å². The fourth-order valence-corrected chi connectivity index (χ4v) is 4.06. The number of carbonyl (C=O) groups excluding carboxylic acids is 1. The number of likely N-dealkylation sites (tertiary alicyclic amines) is 1. The molecule has 6 heteroatoms. The van der Waals surface area contributed by atoms with E-state index in [9.17, 15) is 4.79 Å². The Hall–Kier alpha value is -1.27. The molecule has 1 aliphatic heterocycles. The molecule has 2 aliphatic rings. The summed E-state index contributed by atoms with van der Waals surface area (Å²) in [5, 5.41) is 4.57. The van der Waals surface area contributed by atoms with Gasteiger partial charge in [0.25, 0.3) is 5.91 Å². The topological polar surface area (TPSA) is 84.4 Å². The van der Waals surface area contributed by atoms with Crippen LogP contribution in [0.3, 0.4) is 0 Å². The Bertz CT molecular complexity index is 523. The van der Waals surface area contributed by atoms with Gasteiger partial charge in [0.1, 0.15) is 4.88 Å². The van der Waals surface area contributed by atoms with Gasteiger partial charge in [-0.05, 0) is 45.2 Å². The van der Waals surface area contributed by atoms with Gasteiger partial charge in [-0.3, -0.25) is 4.79 Å². The Labute approximate surface area is 123 Å². The van der Waals surface area contributed by atoms with Crippen LogP contribution >= 0.6 is 11.3 Å². The van der Waals surface area contributed by atoms with E-state index in [0.717, 1.165) is 30.0 Å². The lowest BCUT2D eigenvalue weighted by Gasteiger charge is -2.20. The summed E-state index contributed by atoms with van der Waals surface area (Å²) in [4.78, 5) is 14.4. The third kappa shape index (κ3) is 2.50. The molecule has 1 aliphatic carbocycles. The first-order chi connectivity index (χ1) is 9.58. The van der Waals surface area contributed by atoms with E-state index >= 15 is 0 Å². The van der Waals surface area contributed by atoms with Crippen LogP contribution in [0.2, 0.25) is 0 Å². The maximum absolute atomic E-state index is 11.5. The monoisotopic (exact) mass is 294 g/mol. The van der Waals surface area contributed by atoms with Gasteiger partial charge in [-0.2, -0.15) is 0 Å². The zero-order valence-corrected chi connectivity index (χ0v) is 12.6. The van der Waals surface area contributed by atoms with E-state index in [1.54, 1.807) is 0 Å². The first-order valence-electron chi connectivity index (χ1n) is 7.24. The lowest BCUT2D eigenvalue weighted by molar-refractivity contribution is 0.100. The standard InChI is InChI=1S/C14H22N4OS/c1-18-6-2-3-9(18)7-17-14-10(8-4-5-8)11(15)12(20-14)13(16)19/h8-9,17H,2-7,15H2,1H3,(H2,16,19). The number of thiophene rings is 1. The Morgan fingerprint density at radius 3 is 2.75 bits per heavy atom. The Morgan fingerprint density at radius 1 is 1.45 bits per heavy atom. The maximum Gasteiger partial charge on any atom is 0.260 e. The van der Waals surface area contributed by atoms with E-state index in [-0.39, 0.29) is 0 Å². The van der Waals surface area contributed by atoms with Crippen LogP contribution in [-0.2, 0) is 0 Å². The number of primary amides is 1. The van der Waals surface area contributed by atoms with Crippen LogP contribution in [0.25, 0.3) is 0 Å². The number of nitrogens with one attached hydrogen (secondary N) is 1. The molecular formula is C14H22N4OS. The molecule has 0 aromatic carbocycles. The van der Waals surface area contributed by atoms with E-state index < -0.39 is 5.91 Å². The van der Waals surface area contributed by atoms with Crippen LogP contribution in [0.4, 0.5) is 10.7 Å². The van der Waals surface area contributed by atoms with Gasteiger partial charge in [0, 0.05) is 18.2 Å². The summed E-state index contributed by atoms with van der Waals surface area (Å²) in [7, 11) is 2.17. The van der Waals surface area contributed by atoms with Gasteiger partial charge >= 0.3 is 0 Å². The SMILES string of the molecule is CN1CCCC1CNc1sc(C(N)=O)c(N)c1C1CC1. The quantitative estimate of drug-likeness (QED) is 0.773. The minimum atomic E-state index is -0.416. The van der Waals surface area contributed by atoms with Crippen molar-refractivity contribution in [1.29, 1.82) is 0 Å². The molecule has 1 aromatic rings. The van der Waals surface area contributed by atoms with Gasteiger partial charge in [-0.1, -0.05) is 0 Å². The summed E-state index contributed by atoms with van der Waals surface area (Å²) >= 11 is 1.42.